The Morgan fingerprint density at radius 2 is 2.23 bits per heavy atom. The molecular formula is C16H18ClN3O2. The van der Waals surface area contributed by atoms with Gasteiger partial charge in [-0.3, -0.25) is 4.79 Å². The van der Waals surface area contributed by atoms with Crippen molar-refractivity contribution in [1.82, 2.24) is 10.4 Å². The molecule has 1 amide bonds. The number of pyridine rings is 1. The van der Waals surface area contributed by atoms with Crippen LogP contribution in [-0.2, 0) is 4.79 Å². The van der Waals surface area contributed by atoms with Crippen molar-refractivity contribution < 1.29 is 9.53 Å². The first-order valence-corrected chi connectivity index (χ1v) is 7.33. The number of nitrogens with one attached hydrogen (secondary N) is 1. The van der Waals surface area contributed by atoms with Crippen molar-refractivity contribution in [3.8, 4) is 5.75 Å². The SMILES string of the molecule is COc1ccc2cc(/C=N/NC(=O)CC(C)C)c(Cl)nc2c1. The molecule has 0 atom stereocenters. The number of fused-ring (bicyclic) bond motifs is 1. The molecule has 1 N–H and O–H groups in total. The van der Waals surface area contributed by atoms with E-state index in [-0.39, 0.29) is 11.8 Å². The largest absolute Gasteiger partial charge is 0.497 e. The average Bonchev–Trinajstić information content (AvgIpc) is 2.46. The Balaban J connectivity index is 2.17. The monoisotopic (exact) mass is 319 g/mol. The number of hydrazone groups is 1. The summed E-state index contributed by atoms with van der Waals surface area (Å²) < 4.78 is 5.16. The highest BCUT2D eigenvalue weighted by Crippen LogP contribution is 2.23. The standard InChI is InChI=1S/C16H18ClN3O2/c1-10(2)6-15(21)20-18-9-12-7-11-4-5-13(22-3)8-14(11)19-16(12)17/h4-5,7-10H,6H2,1-3H3,(H,20,21)/b18-9+. The summed E-state index contributed by atoms with van der Waals surface area (Å²) in [5.74, 6) is 0.885. The van der Waals surface area contributed by atoms with E-state index in [4.69, 9.17) is 16.3 Å². The molecule has 1 heterocycles. The molecule has 0 aliphatic carbocycles. The van der Waals surface area contributed by atoms with Gasteiger partial charge in [0.1, 0.15) is 10.9 Å². The lowest BCUT2D eigenvalue weighted by atomic mass is 10.1. The van der Waals surface area contributed by atoms with Gasteiger partial charge in [0, 0.05) is 23.4 Å². The highest BCUT2D eigenvalue weighted by Gasteiger charge is 2.06. The van der Waals surface area contributed by atoms with Gasteiger partial charge in [-0.15, -0.1) is 0 Å². The first-order chi connectivity index (χ1) is 10.5. The Labute approximate surface area is 134 Å². The zero-order valence-electron chi connectivity index (χ0n) is 12.8. The number of amides is 1. The third kappa shape index (κ3) is 4.18. The van der Waals surface area contributed by atoms with Gasteiger partial charge in [0.05, 0.1) is 18.8 Å². The number of benzene rings is 1. The molecule has 2 aromatic rings. The third-order valence-electron chi connectivity index (χ3n) is 2.99. The topological polar surface area (TPSA) is 63.6 Å². The summed E-state index contributed by atoms with van der Waals surface area (Å²) in [6.45, 7) is 3.95. The van der Waals surface area contributed by atoms with Crippen LogP contribution in [-0.4, -0.2) is 24.2 Å². The summed E-state index contributed by atoms with van der Waals surface area (Å²) in [7, 11) is 1.60. The van der Waals surface area contributed by atoms with Crippen molar-refractivity contribution in [2.45, 2.75) is 20.3 Å². The lowest BCUT2D eigenvalue weighted by Gasteiger charge is -2.05. The zero-order chi connectivity index (χ0) is 16.1. The summed E-state index contributed by atoms with van der Waals surface area (Å²) in [6, 6.07) is 7.42. The van der Waals surface area contributed by atoms with Gasteiger partial charge in [0.15, 0.2) is 0 Å². The van der Waals surface area contributed by atoms with Crippen LogP contribution in [0.1, 0.15) is 25.8 Å². The molecule has 0 saturated heterocycles. The number of aromatic nitrogens is 1. The number of rotatable bonds is 5. The number of carbonyl (C=O) groups is 1. The van der Waals surface area contributed by atoms with Gasteiger partial charge < -0.3 is 4.74 Å². The van der Waals surface area contributed by atoms with Crippen LogP contribution in [0.15, 0.2) is 29.4 Å². The number of hydrogen-bond donors (Lipinski definition) is 1. The average molecular weight is 320 g/mol. The van der Waals surface area contributed by atoms with Crippen LogP contribution in [0.4, 0.5) is 0 Å². The number of carbonyl (C=O) groups excluding carboxylic acids is 1. The van der Waals surface area contributed by atoms with E-state index in [9.17, 15) is 4.79 Å². The number of nitrogens with zero attached hydrogens (tertiary/aromatic N) is 2. The van der Waals surface area contributed by atoms with Gasteiger partial charge in [0.25, 0.3) is 0 Å². The van der Waals surface area contributed by atoms with E-state index in [1.807, 2.05) is 38.1 Å². The van der Waals surface area contributed by atoms with Crippen LogP contribution in [0.25, 0.3) is 10.9 Å². The van der Waals surface area contributed by atoms with E-state index in [1.54, 1.807) is 7.11 Å². The lowest BCUT2D eigenvalue weighted by molar-refractivity contribution is -0.121. The first-order valence-electron chi connectivity index (χ1n) is 6.96. The number of hydrogen-bond acceptors (Lipinski definition) is 4. The molecule has 5 nitrogen and oxygen atoms in total. The van der Waals surface area contributed by atoms with Gasteiger partial charge in [0.2, 0.25) is 5.91 Å². The maximum Gasteiger partial charge on any atom is 0.240 e. The molecule has 0 aliphatic rings. The fourth-order valence-corrected chi connectivity index (χ4v) is 2.14. The second-order valence-corrected chi connectivity index (χ2v) is 5.68. The molecule has 22 heavy (non-hydrogen) atoms. The molecule has 0 radical (unpaired) electrons. The molecule has 2 rings (SSSR count). The zero-order valence-corrected chi connectivity index (χ0v) is 13.5. The van der Waals surface area contributed by atoms with Crippen LogP contribution >= 0.6 is 11.6 Å². The Morgan fingerprint density at radius 3 is 2.91 bits per heavy atom. The fraction of sp³-hybridized carbons (Fsp3) is 0.312. The van der Waals surface area contributed by atoms with Crippen molar-refractivity contribution in [1.29, 1.82) is 0 Å². The smallest absolute Gasteiger partial charge is 0.240 e. The number of methoxy groups -OCH3 is 1. The Bertz CT molecular complexity index is 714. The van der Waals surface area contributed by atoms with Crippen LogP contribution < -0.4 is 10.2 Å². The minimum absolute atomic E-state index is 0.124. The molecule has 0 bridgehead atoms. The van der Waals surface area contributed by atoms with Crippen molar-refractivity contribution in [3.05, 3.63) is 35.0 Å². The van der Waals surface area contributed by atoms with Gasteiger partial charge in [-0.2, -0.15) is 5.10 Å². The Hall–Kier alpha value is -2.14. The maximum atomic E-state index is 11.5. The normalized spacial score (nSPS) is 11.3. The van der Waals surface area contributed by atoms with Crippen LogP contribution in [0.3, 0.4) is 0 Å². The molecular weight excluding hydrogens is 302 g/mol. The summed E-state index contributed by atoms with van der Waals surface area (Å²) in [6.07, 6.45) is 1.93. The van der Waals surface area contributed by atoms with Crippen LogP contribution in [0, 0.1) is 5.92 Å². The van der Waals surface area contributed by atoms with Gasteiger partial charge in [-0.1, -0.05) is 25.4 Å². The van der Waals surface area contributed by atoms with E-state index in [2.05, 4.69) is 15.5 Å². The summed E-state index contributed by atoms with van der Waals surface area (Å²) in [4.78, 5) is 15.8. The van der Waals surface area contributed by atoms with E-state index in [0.717, 1.165) is 16.7 Å². The van der Waals surface area contributed by atoms with E-state index in [0.29, 0.717) is 17.1 Å². The van der Waals surface area contributed by atoms with E-state index in [1.165, 1.54) is 6.21 Å². The minimum atomic E-state index is -0.124. The Kier molecular flexibility index (Phi) is 5.33. The van der Waals surface area contributed by atoms with E-state index >= 15 is 0 Å². The lowest BCUT2D eigenvalue weighted by Crippen LogP contribution is -2.19. The highest BCUT2D eigenvalue weighted by molar-refractivity contribution is 6.32. The second kappa shape index (κ2) is 7.22. The van der Waals surface area contributed by atoms with E-state index < -0.39 is 0 Å². The molecule has 1 aromatic carbocycles. The molecule has 6 heteroatoms. The highest BCUT2D eigenvalue weighted by atomic mass is 35.5. The minimum Gasteiger partial charge on any atom is -0.497 e. The molecule has 0 aliphatic heterocycles. The van der Waals surface area contributed by atoms with Crippen molar-refractivity contribution in [2.75, 3.05) is 7.11 Å². The molecule has 0 spiro atoms. The van der Waals surface area contributed by atoms with Gasteiger partial charge in [-0.25, -0.2) is 10.4 Å². The molecule has 0 fully saturated rings. The third-order valence-corrected chi connectivity index (χ3v) is 3.29. The predicted molar refractivity (Wildman–Crippen MR) is 88.5 cm³/mol. The summed E-state index contributed by atoms with van der Waals surface area (Å²) in [5, 5.41) is 5.16. The quantitative estimate of drug-likeness (QED) is 0.522. The molecule has 0 saturated carbocycles. The van der Waals surface area contributed by atoms with Crippen molar-refractivity contribution in [2.24, 2.45) is 11.0 Å². The summed E-state index contributed by atoms with van der Waals surface area (Å²) in [5.41, 5.74) is 3.86. The van der Waals surface area contributed by atoms with Gasteiger partial charge >= 0.3 is 0 Å². The second-order valence-electron chi connectivity index (χ2n) is 5.32. The first kappa shape index (κ1) is 16.2. The Morgan fingerprint density at radius 1 is 1.45 bits per heavy atom. The van der Waals surface area contributed by atoms with Gasteiger partial charge in [-0.05, 0) is 24.1 Å². The predicted octanol–water partition coefficient (Wildman–Crippen LogP) is 3.39. The number of halogens is 1. The van der Waals surface area contributed by atoms with Crippen LogP contribution in [0.5, 0.6) is 5.75 Å². The molecule has 0 unspecified atom stereocenters. The maximum absolute atomic E-state index is 11.5. The van der Waals surface area contributed by atoms with Crippen molar-refractivity contribution >= 4 is 34.6 Å². The molecule has 116 valence electrons. The van der Waals surface area contributed by atoms with Crippen LogP contribution in [0.2, 0.25) is 5.15 Å². The number of ether oxygens (including phenoxy) is 1. The molecule has 1 aromatic heterocycles. The summed E-state index contributed by atoms with van der Waals surface area (Å²) >= 11 is 6.14. The fourth-order valence-electron chi connectivity index (χ4n) is 1.95. The van der Waals surface area contributed by atoms with Crippen molar-refractivity contribution in [3.63, 3.8) is 0 Å².